The molecule has 0 N–H and O–H groups in total. The third kappa shape index (κ3) is 4.53. The van der Waals surface area contributed by atoms with Crippen LogP contribution in [0.2, 0.25) is 0 Å². The van der Waals surface area contributed by atoms with Crippen LogP contribution in [0.3, 0.4) is 0 Å². The van der Waals surface area contributed by atoms with Crippen LogP contribution in [0, 0.1) is 0 Å². The Hall–Kier alpha value is -6.52. The molecule has 2 heterocycles. The number of hydrogen-bond donors (Lipinski definition) is 0. The fourth-order valence-electron chi connectivity index (χ4n) is 7.68. The van der Waals surface area contributed by atoms with Gasteiger partial charge < -0.3 is 9.13 Å². The van der Waals surface area contributed by atoms with E-state index in [0.717, 1.165) is 22.1 Å². The second-order valence-corrected chi connectivity index (χ2v) is 13.3. The SMILES string of the molecule is Cn1cnc2ccc(-c3cccc(-c4ccc5c6ccc(-c7cccc(-c8ccc9ncn(C)c9c8)c7)cc6c6ccccc6c5c4)c3)cc21. The van der Waals surface area contributed by atoms with Crippen molar-refractivity contribution < 1.29 is 0 Å². The summed E-state index contributed by atoms with van der Waals surface area (Å²) in [7, 11) is 4.09. The molecule has 0 amide bonds. The van der Waals surface area contributed by atoms with E-state index >= 15 is 0 Å². The van der Waals surface area contributed by atoms with Crippen LogP contribution in [0.15, 0.2) is 158 Å². The summed E-state index contributed by atoms with van der Waals surface area (Å²) in [4.78, 5) is 9.00. The minimum atomic E-state index is 1.01. The number of aromatic nitrogens is 4. The second kappa shape index (κ2) is 11.0. The maximum absolute atomic E-state index is 4.50. The number of fused-ring (bicyclic) bond motifs is 8. The van der Waals surface area contributed by atoms with Gasteiger partial charge in [-0.1, -0.05) is 97.1 Å². The highest BCUT2D eigenvalue weighted by molar-refractivity contribution is 6.26. The molecule has 0 aliphatic rings. The summed E-state index contributed by atoms with van der Waals surface area (Å²) in [5, 5.41) is 7.62. The largest absolute Gasteiger partial charge is 0.334 e. The number of nitrogens with zero attached hydrogens (tertiary/aromatic N) is 4. The van der Waals surface area contributed by atoms with Crippen molar-refractivity contribution in [2.24, 2.45) is 14.1 Å². The zero-order valence-corrected chi connectivity index (χ0v) is 27.8. The Morgan fingerprint density at radius 2 is 0.680 bits per heavy atom. The van der Waals surface area contributed by atoms with Crippen LogP contribution >= 0.6 is 0 Å². The second-order valence-electron chi connectivity index (χ2n) is 13.3. The lowest BCUT2D eigenvalue weighted by atomic mass is 9.89. The first-order valence-electron chi connectivity index (χ1n) is 17.0. The van der Waals surface area contributed by atoms with E-state index in [1.165, 1.54) is 76.8 Å². The zero-order chi connectivity index (χ0) is 33.3. The van der Waals surface area contributed by atoms with Gasteiger partial charge in [0.15, 0.2) is 0 Å². The van der Waals surface area contributed by atoms with Gasteiger partial charge in [0, 0.05) is 14.1 Å². The highest BCUT2D eigenvalue weighted by Gasteiger charge is 2.13. The molecular weight excluding hydrogens is 609 g/mol. The molecule has 10 rings (SSSR count). The highest BCUT2D eigenvalue weighted by Crippen LogP contribution is 2.40. The summed E-state index contributed by atoms with van der Waals surface area (Å²) in [6.45, 7) is 0. The van der Waals surface area contributed by atoms with Crippen molar-refractivity contribution in [3.05, 3.63) is 158 Å². The fourth-order valence-corrected chi connectivity index (χ4v) is 7.68. The lowest BCUT2D eigenvalue weighted by molar-refractivity contribution is 0.948. The van der Waals surface area contributed by atoms with Crippen molar-refractivity contribution >= 4 is 54.4 Å². The molecule has 0 aliphatic carbocycles. The Balaban J connectivity index is 1.08. The average molecular weight is 641 g/mol. The van der Waals surface area contributed by atoms with Gasteiger partial charge in [-0.05, 0) is 125 Å². The monoisotopic (exact) mass is 640 g/mol. The van der Waals surface area contributed by atoms with Gasteiger partial charge in [0.2, 0.25) is 0 Å². The molecule has 10 aromatic rings. The van der Waals surface area contributed by atoms with E-state index in [0.29, 0.717) is 0 Å². The topological polar surface area (TPSA) is 35.6 Å². The summed E-state index contributed by atoms with van der Waals surface area (Å²) in [5.41, 5.74) is 13.9. The Morgan fingerprint density at radius 3 is 1.12 bits per heavy atom. The minimum Gasteiger partial charge on any atom is -0.334 e. The third-order valence-corrected chi connectivity index (χ3v) is 10.3. The summed E-state index contributed by atoms with van der Waals surface area (Å²) in [6, 6.07) is 53.5. The predicted octanol–water partition coefficient (Wildman–Crippen LogP) is 11.6. The van der Waals surface area contributed by atoms with Crippen LogP contribution in [0.1, 0.15) is 0 Å². The maximum Gasteiger partial charge on any atom is 0.0955 e. The van der Waals surface area contributed by atoms with Gasteiger partial charge in [-0.3, -0.25) is 0 Å². The fraction of sp³-hybridized carbons (Fsp3) is 0.0435. The van der Waals surface area contributed by atoms with Gasteiger partial charge in [0.25, 0.3) is 0 Å². The van der Waals surface area contributed by atoms with Crippen molar-refractivity contribution in [3.63, 3.8) is 0 Å². The van der Waals surface area contributed by atoms with Crippen LogP contribution in [-0.2, 0) is 14.1 Å². The molecule has 4 nitrogen and oxygen atoms in total. The Bertz CT molecular complexity index is 2740. The van der Waals surface area contributed by atoms with Crippen LogP contribution in [0.5, 0.6) is 0 Å². The molecule has 0 atom stereocenters. The molecule has 0 unspecified atom stereocenters. The summed E-state index contributed by atoms with van der Waals surface area (Å²) in [5.74, 6) is 0. The van der Waals surface area contributed by atoms with Crippen molar-refractivity contribution in [2.45, 2.75) is 0 Å². The molecule has 0 saturated heterocycles. The smallest absolute Gasteiger partial charge is 0.0955 e. The number of hydrogen-bond acceptors (Lipinski definition) is 2. The minimum absolute atomic E-state index is 1.01. The standard InChI is InChI=1S/C46H32N4/c1-49-27-47-43-19-15-35(25-45(43)49)31-9-5-7-29(21-31)33-13-17-39-40-18-14-34(24-42(40)38-12-4-3-11-37(38)41(39)23-33)30-8-6-10-32(22-30)36-16-20-44-46(26-36)50(2)28-48-44/h3-28H,1-2H3. The van der Waals surface area contributed by atoms with Crippen LogP contribution in [-0.4, -0.2) is 19.1 Å². The van der Waals surface area contributed by atoms with Gasteiger partial charge in [0.1, 0.15) is 0 Å². The first-order valence-corrected chi connectivity index (χ1v) is 17.0. The molecule has 50 heavy (non-hydrogen) atoms. The molecule has 8 aromatic carbocycles. The number of imidazole rings is 2. The van der Waals surface area contributed by atoms with E-state index in [9.17, 15) is 0 Å². The average Bonchev–Trinajstić information content (AvgIpc) is 3.75. The lowest BCUT2D eigenvalue weighted by Crippen LogP contribution is -1.88. The third-order valence-electron chi connectivity index (χ3n) is 10.3. The quantitative estimate of drug-likeness (QED) is 0.179. The van der Waals surface area contributed by atoms with Gasteiger partial charge in [0.05, 0.1) is 34.7 Å². The summed E-state index contributed by atoms with van der Waals surface area (Å²) in [6.07, 6.45) is 3.75. The number of rotatable bonds is 4. The Morgan fingerprint density at radius 1 is 0.320 bits per heavy atom. The molecule has 0 spiro atoms. The summed E-state index contributed by atoms with van der Waals surface area (Å²) >= 11 is 0. The highest BCUT2D eigenvalue weighted by atomic mass is 15.0. The molecular formula is C46H32N4. The maximum atomic E-state index is 4.50. The Labute approximate surface area is 289 Å². The molecule has 0 fully saturated rings. The van der Waals surface area contributed by atoms with Crippen molar-refractivity contribution in [3.8, 4) is 44.5 Å². The molecule has 236 valence electrons. The molecule has 0 saturated carbocycles. The van der Waals surface area contributed by atoms with Gasteiger partial charge in [-0.2, -0.15) is 0 Å². The van der Waals surface area contributed by atoms with Crippen LogP contribution in [0.25, 0.3) is 98.9 Å². The van der Waals surface area contributed by atoms with Crippen molar-refractivity contribution in [1.29, 1.82) is 0 Å². The van der Waals surface area contributed by atoms with Gasteiger partial charge in [-0.25, -0.2) is 9.97 Å². The summed E-state index contributed by atoms with van der Waals surface area (Å²) < 4.78 is 4.15. The molecule has 0 aliphatic heterocycles. The number of benzene rings is 8. The predicted molar refractivity (Wildman–Crippen MR) is 209 cm³/mol. The molecule has 0 bridgehead atoms. The van der Waals surface area contributed by atoms with E-state index < -0.39 is 0 Å². The van der Waals surface area contributed by atoms with Crippen LogP contribution < -0.4 is 0 Å². The van der Waals surface area contributed by atoms with Crippen LogP contribution in [0.4, 0.5) is 0 Å². The normalized spacial score (nSPS) is 11.8. The zero-order valence-electron chi connectivity index (χ0n) is 27.8. The molecule has 2 aromatic heterocycles. The first-order chi connectivity index (χ1) is 24.6. The molecule has 0 radical (unpaired) electrons. The van der Waals surface area contributed by atoms with Gasteiger partial charge >= 0.3 is 0 Å². The first kappa shape index (κ1) is 28.5. The van der Waals surface area contributed by atoms with E-state index in [-0.39, 0.29) is 0 Å². The van der Waals surface area contributed by atoms with E-state index in [2.05, 4.69) is 165 Å². The lowest BCUT2D eigenvalue weighted by Gasteiger charge is -2.14. The van der Waals surface area contributed by atoms with E-state index in [1.54, 1.807) is 0 Å². The number of aryl methyl sites for hydroxylation is 2. The molecule has 4 heteroatoms. The van der Waals surface area contributed by atoms with Gasteiger partial charge in [-0.15, -0.1) is 0 Å². The van der Waals surface area contributed by atoms with Crippen molar-refractivity contribution in [2.75, 3.05) is 0 Å². The van der Waals surface area contributed by atoms with Crippen molar-refractivity contribution in [1.82, 2.24) is 19.1 Å². The van der Waals surface area contributed by atoms with E-state index in [4.69, 9.17) is 0 Å². The van der Waals surface area contributed by atoms with E-state index in [1.807, 2.05) is 26.7 Å². The Kier molecular flexibility index (Phi) is 6.27.